The van der Waals surface area contributed by atoms with Crippen LogP contribution in [0.1, 0.15) is 17.5 Å². The average Bonchev–Trinajstić information content (AvgIpc) is 2.87. The van der Waals surface area contributed by atoms with E-state index in [2.05, 4.69) is 11.1 Å². The van der Waals surface area contributed by atoms with E-state index in [1.165, 1.54) is 0 Å². The number of rotatable bonds is 4. The van der Waals surface area contributed by atoms with Gasteiger partial charge in [-0.2, -0.15) is 5.26 Å². The zero-order valence-corrected chi connectivity index (χ0v) is 11.2. The molecule has 0 saturated heterocycles. The summed E-state index contributed by atoms with van der Waals surface area (Å²) in [5.41, 5.74) is 2.57. The molecule has 0 aliphatic heterocycles. The summed E-state index contributed by atoms with van der Waals surface area (Å²) in [7, 11) is 1.70. The summed E-state index contributed by atoms with van der Waals surface area (Å²) >= 11 is 1.63. The third-order valence-electron chi connectivity index (χ3n) is 2.70. The summed E-state index contributed by atoms with van der Waals surface area (Å²) in [6.07, 6.45) is 0.994. The summed E-state index contributed by atoms with van der Waals surface area (Å²) in [5.74, 6) is 0. The topological polar surface area (TPSA) is 45.9 Å². The van der Waals surface area contributed by atoms with Crippen molar-refractivity contribution in [2.45, 2.75) is 19.4 Å². The van der Waals surface area contributed by atoms with Crippen molar-refractivity contribution in [2.75, 3.05) is 7.11 Å². The first-order valence-corrected chi connectivity index (χ1v) is 6.58. The molecule has 92 valence electrons. The fourth-order valence-corrected chi connectivity index (χ4v) is 2.53. The molecule has 2 rings (SSSR count). The number of hydrogen-bond acceptors (Lipinski definition) is 4. The second-order valence-corrected chi connectivity index (χ2v) is 5.01. The van der Waals surface area contributed by atoms with E-state index in [4.69, 9.17) is 10.00 Å². The van der Waals surface area contributed by atoms with Gasteiger partial charge in [-0.15, -0.1) is 11.3 Å². The molecule has 1 unspecified atom stereocenters. The second kappa shape index (κ2) is 5.76. The number of methoxy groups -OCH3 is 1. The van der Waals surface area contributed by atoms with Crippen LogP contribution in [-0.2, 0) is 11.2 Å². The van der Waals surface area contributed by atoms with Gasteiger partial charge >= 0.3 is 0 Å². The van der Waals surface area contributed by atoms with Crippen LogP contribution in [0.2, 0.25) is 0 Å². The SMILES string of the molecule is COC(C)Cc1nc(-c2cccc(C#N)c2)cs1. The number of thiazole rings is 1. The van der Waals surface area contributed by atoms with Crippen molar-refractivity contribution in [1.29, 1.82) is 5.26 Å². The van der Waals surface area contributed by atoms with Crippen molar-refractivity contribution in [3.05, 3.63) is 40.2 Å². The predicted octanol–water partition coefficient (Wildman–Crippen LogP) is 3.26. The number of aromatic nitrogens is 1. The molecule has 3 nitrogen and oxygen atoms in total. The quantitative estimate of drug-likeness (QED) is 0.845. The molecule has 2 aromatic rings. The first-order chi connectivity index (χ1) is 8.72. The molecule has 0 bridgehead atoms. The molecule has 1 heterocycles. The minimum atomic E-state index is 0.175. The fourth-order valence-electron chi connectivity index (χ4n) is 1.61. The molecule has 0 saturated carbocycles. The van der Waals surface area contributed by atoms with Crippen LogP contribution in [0.15, 0.2) is 29.6 Å². The number of hydrogen-bond donors (Lipinski definition) is 0. The predicted molar refractivity (Wildman–Crippen MR) is 72.4 cm³/mol. The van der Waals surface area contributed by atoms with E-state index < -0.39 is 0 Å². The van der Waals surface area contributed by atoms with Crippen LogP contribution in [0.25, 0.3) is 11.3 Å². The van der Waals surface area contributed by atoms with Gasteiger partial charge in [0.2, 0.25) is 0 Å². The Morgan fingerprint density at radius 2 is 2.33 bits per heavy atom. The van der Waals surface area contributed by atoms with Gasteiger partial charge in [-0.1, -0.05) is 12.1 Å². The van der Waals surface area contributed by atoms with Crippen molar-refractivity contribution in [2.24, 2.45) is 0 Å². The molecule has 0 aliphatic carbocycles. The summed E-state index contributed by atoms with van der Waals surface area (Å²) in [4.78, 5) is 4.57. The van der Waals surface area contributed by atoms with Gasteiger partial charge in [0.15, 0.2) is 0 Å². The Bertz CT molecular complexity index is 571. The van der Waals surface area contributed by atoms with E-state index in [1.54, 1.807) is 24.5 Å². The van der Waals surface area contributed by atoms with E-state index in [0.29, 0.717) is 5.56 Å². The Labute approximate surface area is 111 Å². The third-order valence-corrected chi connectivity index (χ3v) is 3.57. The van der Waals surface area contributed by atoms with E-state index >= 15 is 0 Å². The van der Waals surface area contributed by atoms with Crippen molar-refractivity contribution in [3.63, 3.8) is 0 Å². The molecular weight excluding hydrogens is 244 g/mol. The summed E-state index contributed by atoms with van der Waals surface area (Å²) in [6, 6.07) is 9.65. The normalized spacial score (nSPS) is 12.1. The van der Waals surface area contributed by atoms with Gasteiger partial charge in [0, 0.05) is 24.5 Å². The van der Waals surface area contributed by atoms with Crippen LogP contribution in [0, 0.1) is 11.3 Å². The van der Waals surface area contributed by atoms with Crippen molar-refractivity contribution in [3.8, 4) is 17.3 Å². The number of benzene rings is 1. The van der Waals surface area contributed by atoms with Crippen LogP contribution < -0.4 is 0 Å². The molecule has 1 atom stereocenters. The fraction of sp³-hybridized carbons (Fsp3) is 0.286. The zero-order chi connectivity index (χ0) is 13.0. The largest absolute Gasteiger partial charge is 0.381 e. The molecular formula is C14H14N2OS. The molecule has 4 heteroatoms. The molecule has 0 aliphatic rings. The average molecular weight is 258 g/mol. The minimum Gasteiger partial charge on any atom is -0.381 e. The highest BCUT2D eigenvalue weighted by atomic mass is 32.1. The lowest BCUT2D eigenvalue weighted by Crippen LogP contribution is -2.08. The molecule has 0 amide bonds. The molecule has 0 fully saturated rings. The molecule has 0 spiro atoms. The summed E-state index contributed by atoms with van der Waals surface area (Å²) in [5, 5.41) is 12.0. The van der Waals surface area contributed by atoms with Crippen molar-refractivity contribution >= 4 is 11.3 Å². The molecule has 18 heavy (non-hydrogen) atoms. The van der Waals surface area contributed by atoms with Gasteiger partial charge in [0.25, 0.3) is 0 Å². The smallest absolute Gasteiger partial charge is 0.0991 e. The standard InChI is InChI=1S/C14H14N2OS/c1-10(17-2)6-14-16-13(9-18-14)12-5-3-4-11(7-12)8-15/h3-5,7,9-10H,6H2,1-2H3. The summed E-state index contributed by atoms with van der Waals surface area (Å²) < 4.78 is 5.23. The summed E-state index contributed by atoms with van der Waals surface area (Å²) in [6.45, 7) is 2.03. The van der Waals surface area contributed by atoms with E-state index in [-0.39, 0.29) is 6.10 Å². The third kappa shape index (κ3) is 2.95. The van der Waals surface area contributed by atoms with Crippen molar-refractivity contribution in [1.82, 2.24) is 4.98 Å². The van der Waals surface area contributed by atoms with Crippen LogP contribution in [0.4, 0.5) is 0 Å². The van der Waals surface area contributed by atoms with Gasteiger partial charge in [-0.3, -0.25) is 0 Å². The van der Waals surface area contributed by atoms with Crippen LogP contribution in [0.5, 0.6) is 0 Å². The van der Waals surface area contributed by atoms with Crippen LogP contribution in [-0.4, -0.2) is 18.2 Å². The van der Waals surface area contributed by atoms with E-state index in [0.717, 1.165) is 22.7 Å². The van der Waals surface area contributed by atoms with Gasteiger partial charge < -0.3 is 4.74 Å². The highest BCUT2D eigenvalue weighted by Gasteiger charge is 2.08. The highest BCUT2D eigenvalue weighted by Crippen LogP contribution is 2.23. The monoisotopic (exact) mass is 258 g/mol. The number of ether oxygens (including phenoxy) is 1. The van der Waals surface area contributed by atoms with E-state index in [9.17, 15) is 0 Å². The Morgan fingerprint density at radius 3 is 3.06 bits per heavy atom. The zero-order valence-electron chi connectivity index (χ0n) is 10.4. The lowest BCUT2D eigenvalue weighted by atomic mass is 10.1. The number of nitriles is 1. The first kappa shape index (κ1) is 12.7. The lowest BCUT2D eigenvalue weighted by molar-refractivity contribution is 0.119. The Morgan fingerprint density at radius 1 is 1.50 bits per heavy atom. The van der Waals surface area contributed by atoms with Crippen LogP contribution in [0.3, 0.4) is 0 Å². The first-order valence-electron chi connectivity index (χ1n) is 5.70. The Balaban J connectivity index is 2.21. The second-order valence-electron chi connectivity index (χ2n) is 4.07. The lowest BCUT2D eigenvalue weighted by Gasteiger charge is -2.05. The maximum atomic E-state index is 8.88. The van der Waals surface area contributed by atoms with Gasteiger partial charge in [-0.05, 0) is 19.1 Å². The molecule has 1 aromatic carbocycles. The Kier molecular flexibility index (Phi) is 4.08. The molecule has 0 N–H and O–H groups in total. The van der Waals surface area contributed by atoms with Gasteiger partial charge in [0.1, 0.15) is 0 Å². The highest BCUT2D eigenvalue weighted by molar-refractivity contribution is 7.09. The Hall–Kier alpha value is -1.70. The maximum absolute atomic E-state index is 8.88. The minimum absolute atomic E-state index is 0.175. The van der Waals surface area contributed by atoms with Crippen molar-refractivity contribution < 1.29 is 4.74 Å². The van der Waals surface area contributed by atoms with Crippen LogP contribution >= 0.6 is 11.3 Å². The van der Waals surface area contributed by atoms with Gasteiger partial charge in [0.05, 0.1) is 28.4 Å². The van der Waals surface area contributed by atoms with E-state index in [1.807, 2.05) is 30.5 Å². The maximum Gasteiger partial charge on any atom is 0.0991 e. The van der Waals surface area contributed by atoms with Gasteiger partial charge in [-0.25, -0.2) is 4.98 Å². The molecule has 0 radical (unpaired) electrons. The molecule has 1 aromatic heterocycles. The number of nitrogens with zero attached hydrogens (tertiary/aromatic N) is 2.